The Morgan fingerprint density at radius 3 is 2.67 bits per heavy atom. The van der Waals surface area contributed by atoms with E-state index in [4.69, 9.17) is 9.52 Å². The van der Waals surface area contributed by atoms with Crippen molar-refractivity contribution in [1.29, 1.82) is 0 Å². The maximum atomic E-state index is 11.2. The smallest absolute Gasteiger partial charge is 0.373 e. The van der Waals surface area contributed by atoms with Gasteiger partial charge in [-0.1, -0.05) is 33.6 Å². The van der Waals surface area contributed by atoms with Crippen LogP contribution in [0.25, 0.3) is 0 Å². The van der Waals surface area contributed by atoms with Crippen LogP contribution in [0.3, 0.4) is 0 Å². The second-order valence-corrected chi connectivity index (χ2v) is 5.70. The Hall–Kier alpha value is -1.32. The Kier molecular flexibility index (Phi) is 3.73. The SMILES string of the molecule is CC(C)c1nc([C@@H]2CCC[C@H](C)C2)oc1C(=O)O. The molecule has 1 aromatic rings. The second-order valence-electron chi connectivity index (χ2n) is 5.70. The van der Waals surface area contributed by atoms with Crippen molar-refractivity contribution in [2.45, 2.75) is 58.3 Å². The van der Waals surface area contributed by atoms with Crippen LogP contribution in [0.4, 0.5) is 0 Å². The van der Waals surface area contributed by atoms with Gasteiger partial charge >= 0.3 is 5.97 Å². The minimum absolute atomic E-state index is 0.0261. The molecule has 1 N–H and O–H groups in total. The van der Waals surface area contributed by atoms with Crippen LogP contribution in [0.1, 0.15) is 80.4 Å². The monoisotopic (exact) mass is 251 g/mol. The molecule has 0 spiro atoms. The van der Waals surface area contributed by atoms with E-state index >= 15 is 0 Å². The summed E-state index contributed by atoms with van der Waals surface area (Å²) in [5, 5.41) is 9.14. The van der Waals surface area contributed by atoms with E-state index in [-0.39, 0.29) is 11.7 Å². The number of oxazole rings is 1. The summed E-state index contributed by atoms with van der Waals surface area (Å²) in [4.78, 5) is 15.6. The molecule has 1 heterocycles. The third kappa shape index (κ3) is 2.57. The summed E-state index contributed by atoms with van der Waals surface area (Å²) < 4.78 is 5.51. The lowest BCUT2D eigenvalue weighted by atomic mass is 9.82. The summed E-state index contributed by atoms with van der Waals surface area (Å²) in [6, 6.07) is 0. The van der Waals surface area contributed by atoms with Gasteiger partial charge in [0.25, 0.3) is 0 Å². The Labute approximate surface area is 107 Å². The van der Waals surface area contributed by atoms with Crippen LogP contribution >= 0.6 is 0 Å². The second kappa shape index (κ2) is 5.12. The molecular formula is C14H21NO3. The number of hydrogen-bond acceptors (Lipinski definition) is 3. The van der Waals surface area contributed by atoms with E-state index in [1.54, 1.807) is 0 Å². The molecule has 0 unspecified atom stereocenters. The van der Waals surface area contributed by atoms with Gasteiger partial charge in [-0.05, 0) is 24.7 Å². The van der Waals surface area contributed by atoms with E-state index in [0.717, 1.165) is 12.8 Å². The van der Waals surface area contributed by atoms with Gasteiger partial charge in [0.15, 0.2) is 5.89 Å². The number of rotatable bonds is 3. The number of carboxylic acids is 1. The summed E-state index contributed by atoms with van der Waals surface area (Å²) in [5.74, 6) is 0.683. The third-order valence-electron chi connectivity index (χ3n) is 3.70. The molecule has 2 atom stereocenters. The molecule has 4 nitrogen and oxygen atoms in total. The van der Waals surface area contributed by atoms with E-state index in [2.05, 4.69) is 11.9 Å². The quantitative estimate of drug-likeness (QED) is 0.887. The number of aromatic carboxylic acids is 1. The summed E-state index contributed by atoms with van der Waals surface area (Å²) in [5.41, 5.74) is 0.579. The molecule has 1 fully saturated rings. The van der Waals surface area contributed by atoms with Gasteiger partial charge in [-0.15, -0.1) is 0 Å². The highest BCUT2D eigenvalue weighted by Crippen LogP contribution is 2.36. The van der Waals surface area contributed by atoms with E-state index in [1.165, 1.54) is 12.8 Å². The van der Waals surface area contributed by atoms with Gasteiger partial charge in [0.1, 0.15) is 0 Å². The topological polar surface area (TPSA) is 63.3 Å². The number of carbonyl (C=O) groups is 1. The first-order valence-electron chi connectivity index (χ1n) is 6.73. The molecule has 4 heteroatoms. The predicted molar refractivity (Wildman–Crippen MR) is 67.9 cm³/mol. The molecule has 0 amide bonds. The summed E-state index contributed by atoms with van der Waals surface area (Å²) >= 11 is 0. The van der Waals surface area contributed by atoms with Gasteiger partial charge < -0.3 is 9.52 Å². The summed E-state index contributed by atoms with van der Waals surface area (Å²) in [6.45, 7) is 6.12. The van der Waals surface area contributed by atoms with E-state index < -0.39 is 5.97 Å². The summed E-state index contributed by atoms with van der Waals surface area (Å²) in [7, 11) is 0. The van der Waals surface area contributed by atoms with Crippen LogP contribution in [-0.2, 0) is 0 Å². The van der Waals surface area contributed by atoms with E-state index in [0.29, 0.717) is 23.4 Å². The molecule has 0 radical (unpaired) electrons. The summed E-state index contributed by atoms with van der Waals surface area (Å²) in [6.07, 6.45) is 4.53. The van der Waals surface area contributed by atoms with Crippen molar-refractivity contribution in [3.8, 4) is 0 Å². The lowest BCUT2D eigenvalue weighted by Crippen LogP contribution is -2.12. The van der Waals surface area contributed by atoms with Gasteiger partial charge in [-0.25, -0.2) is 9.78 Å². The lowest BCUT2D eigenvalue weighted by molar-refractivity contribution is 0.0656. The highest BCUT2D eigenvalue weighted by Gasteiger charge is 2.28. The van der Waals surface area contributed by atoms with Crippen molar-refractivity contribution >= 4 is 5.97 Å². The molecule has 0 bridgehead atoms. The fourth-order valence-corrected chi connectivity index (χ4v) is 2.73. The minimum Gasteiger partial charge on any atom is -0.475 e. The molecule has 100 valence electrons. The van der Waals surface area contributed by atoms with Crippen LogP contribution in [-0.4, -0.2) is 16.1 Å². The van der Waals surface area contributed by atoms with Crippen LogP contribution in [0.2, 0.25) is 0 Å². The Balaban J connectivity index is 2.28. The van der Waals surface area contributed by atoms with Crippen LogP contribution in [0.5, 0.6) is 0 Å². The Morgan fingerprint density at radius 2 is 2.17 bits per heavy atom. The van der Waals surface area contributed by atoms with Crippen molar-refractivity contribution < 1.29 is 14.3 Å². The first-order valence-corrected chi connectivity index (χ1v) is 6.73. The molecule has 0 aromatic carbocycles. The number of hydrogen-bond donors (Lipinski definition) is 1. The van der Waals surface area contributed by atoms with Crippen molar-refractivity contribution in [3.63, 3.8) is 0 Å². The number of aromatic nitrogens is 1. The molecular weight excluding hydrogens is 230 g/mol. The Morgan fingerprint density at radius 1 is 1.44 bits per heavy atom. The van der Waals surface area contributed by atoms with Crippen molar-refractivity contribution in [3.05, 3.63) is 17.3 Å². The standard InChI is InChI=1S/C14H21NO3/c1-8(2)11-12(14(16)17)18-13(15-11)10-6-4-5-9(3)7-10/h8-10H,4-7H2,1-3H3,(H,16,17)/t9-,10+/m0/s1. The fraction of sp³-hybridized carbons (Fsp3) is 0.714. The predicted octanol–water partition coefficient (Wildman–Crippen LogP) is 3.79. The lowest BCUT2D eigenvalue weighted by Gasteiger charge is -2.24. The van der Waals surface area contributed by atoms with Crippen LogP contribution in [0.15, 0.2) is 4.42 Å². The number of carboxylic acid groups (broad SMARTS) is 1. The van der Waals surface area contributed by atoms with E-state index in [1.807, 2.05) is 13.8 Å². The average Bonchev–Trinajstić information content (AvgIpc) is 2.73. The van der Waals surface area contributed by atoms with Crippen LogP contribution < -0.4 is 0 Å². The van der Waals surface area contributed by atoms with Gasteiger partial charge in [-0.3, -0.25) is 0 Å². The van der Waals surface area contributed by atoms with Crippen molar-refractivity contribution in [1.82, 2.24) is 4.98 Å². The molecule has 18 heavy (non-hydrogen) atoms. The molecule has 1 aromatic heterocycles. The van der Waals surface area contributed by atoms with Crippen LogP contribution in [0, 0.1) is 5.92 Å². The molecule has 0 saturated heterocycles. The van der Waals surface area contributed by atoms with Gasteiger partial charge in [0.05, 0.1) is 5.69 Å². The van der Waals surface area contributed by atoms with Gasteiger partial charge in [0, 0.05) is 5.92 Å². The molecule has 0 aliphatic heterocycles. The molecule has 1 aliphatic rings. The van der Waals surface area contributed by atoms with Gasteiger partial charge in [0.2, 0.25) is 5.76 Å². The van der Waals surface area contributed by atoms with Crippen molar-refractivity contribution in [2.24, 2.45) is 5.92 Å². The molecule has 1 saturated carbocycles. The number of nitrogens with zero attached hydrogens (tertiary/aromatic N) is 1. The largest absolute Gasteiger partial charge is 0.475 e. The Bertz CT molecular complexity index is 436. The fourth-order valence-electron chi connectivity index (χ4n) is 2.73. The first-order chi connectivity index (χ1) is 8.49. The highest BCUT2D eigenvalue weighted by molar-refractivity contribution is 5.85. The highest BCUT2D eigenvalue weighted by atomic mass is 16.4. The maximum Gasteiger partial charge on any atom is 0.373 e. The molecule has 2 rings (SSSR count). The average molecular weight is 251 g/mol. The normalized spacial score (nSPS) is 24.4. The molecule has 1 aliphatic carbocycles. The maximum absolute atomic E-state index is 11.2. The van der Waals surface area contributed by atoms with Crippen molar-refractivity contribution in [2.75, 3.05) is 0 Å². The zero-order chi connectivity index (χ0) is 13.3. The minimum atomic E-state index is -1.01. The first kappa shape index (κ1) is 13.1. The zero-order valence-corrected chi connectivity index (χ0v) is 11.3. The van der Waals surface area contributed by atoms with Gasteiger partial charge in [-0.2, -0.15) is 0 Å². The third-order valence-corrected chi connectivity index (χ3v) is 3.70. The van der Waals surface area contributed by atoms with E-state index in [9.17, 15) is 4.79 Å². The zero-order valence-electron chi connectivity index (χ0n) is 11.3.